The van der Waals surface area contributed by atoms with E-state index in [1.54, 1.807) is 31.1 Å². The molecule has 0 atom stereocenters. The number of carbonyl (C=O) groups is 1. The number of aliphatic imine (C=N–C) groups is 1. The van der Waals surface area contributed by atoms with E-state index in [-0.39, 0.29) is 17.0 Å². The van der Waals surface area contributed by atoms with Gasteiger partial charge in [-0.05, 0) is 12.1 Å². The Morgan fingerprint density at radius 1 is 1.50 bits per heavy atom. The Balaban J connectivity index is 3.24. The highest BCUT2D eigenvalue weighted by molar-refractivity contribution is 5.97. The fourth-order valence-electron chi connectivity index (χ4n) is 1.28. The zero-order valence-electron chi connectivity index (χ0n) is 10.5. The summed E-state index contributed by atoms with van der Waals surface area (Å²) in [6.45, 7) is -0.991. The van der Waals surface area contributed by atoms with E-state index < -0.39 is 12.8 Å². The molecule has 0 aliphatic heterocycles. The predicted octanol–water partition coefficient (Wildman–Crippen LogP) is 2.00. The Labute approximate surface area is 105 Å². The summed E-state index contributed by atoms with van der Waals surface area (Å²) >= 11 is 0. The number of para-hydroxylation sites is 1. The monoisotopic (exact) mass is 254 g/mol. The van der Waals surface area contributed by atoms with Gasteiger partial charge in [0.1, 0.15) is 11.4 Å². The first-order valence-corrected chi connectivity index (χ1v) is 5.21. The molecule has 0 radical (unpaired) electrons. The molecule has 0 amide bonds. The van der Waals surface area contributed by atoms with Crippen molar-refractivity contribution in [3.8, 4) is 5.75 Å². The molecule has 0 saturated carbocycles. The van der Waals surface area contributed by atoms with Gasteiger partial charge in [0.2, 0.25) is 6.86 Å². The average Bonchev–Trinajstić information content (AvgIpc) is 2.36. The molecule has 18 heavy (non-hydrogen) atoms. The van der Waals surface area contributed by atoms with Crippen molar-refractivity contribution in [2.75, 3.05) is 28.1 Å². The number of methoxy groups -OCH3 is 1. The molecular weight excluding hydrogens is 239 g/mol. The van der Waals surface area contributed by atoms with Crippen molar-refractivity contribution in [3.05, 3.63) is 23.8 Å². The number of esters is 1. The van der Waals surface area contributed by atoms with E-state index in [9.17, 15) is 9.18 Å². The number of alkyl halides is 1. The Hall–Kier alpha value is -2.11. The minimum Gasteiger partial charge on any atom is -0.465 e. The van der Waals surface area contributed by atoms with E-state index >= 15 is 0 Å². The van der Waals surface area contributed by atoms with E-state index in [0.717, 1.165) is 0 Å². The Bertz CT molecular complexity index is 447. The lowest BCUT2D eigenvalue weighted by Crippen LogP contribution is -2.08. The van der Waals surface area contributed by atoms with Gasteiger partial charge in [-0.3, -0.25) is 0 Å². The number of carbonyl (C=O) groups excluding carboxylic acids is 1. The average molecular weight is 254 g/mol. The second kappa shape index (κ2) is 6.58. The molecule has 0 unspecified atom stereocenters. The van der Waals surface area contributed by atoms with Crippen LogP contribution in [0, 0.1) is 0 Å². The van der Waals surface area contributed by atoms with Crippen molar-refractivity contribution in [2.24, 2.45) is 4.99 Å². The van der Waals surface area contributed by atoms with E-state index in [1.165, 1.54) is 19.5 Å². The van der Waals surface area contributed by atoms with E-state index in [4.69, 9.17) is 4.74 Å². The van der Waals surface area contributed by atoms with Crippen molar-refractivity contribution in [2.45, 2.75) is 0 Å². The first-order valence-electron chi connectivity index (χ1n) is 5.21. The fraction of sp³-hybridized carbons (Fsp3) is 0.333. The Morgan fingerprint density at radius 3 is 2.78 bits per heavy atom. The van der Waals surface area contributed by atoms with Gasteiger partial charge in [0.15, 0.2) is 0 Å². The van der Waals surface area contributed by atoms with E-state index in [0.29, 0.717) is 0 Å². The molecule has 98 valence electrons. The lowest BCUT2D eigenvalue weighted by atomic mass is 10.1. The number of hydrogen-bond donors (Lipinski definition) is 0. The molecular formula is C12H15FN2O3. The number of benzene rings is 1. The van der Waals surface area contributed by atoms with Crippen LogP contribution in [0.2, 0.25) is 0 Å². The maximum absolute atomic E-state index is 12.3. The lowest BCUT2D eigenvalue weighted by Gasteiger charge is -2.10. The van der Waals surface area contributed by atoms with Gasteiger partial charge in [-0.1, -0.05) is 6.07 Å². The number of halogens is 1. The van der Waals surface area contributed by atoms with Crippen molar-refractivity contribution >= 4 is 18.0 Å². The van der Waals surface area contributed by atoms with Crippen LogP contribution in [0.5, 0.6) is 5.75 Å². The molecule has 6 heteroatoms. The normalized spacial score (nSPS) is 10.4. The lowest BCUT2D eigenvalue weighted by molar-refractivity contribution is 0.0601. The maximum Gasteiger partial charge on any atom is 0.340 e. The molecule has 0 fully saturated rings. The minimum atomic E-state index is -0.991. The summed E-state index contributed by atoms with van der Waals surface area (Å²) < 4.78 is 21.7. The summed E-state index contributed by atoms with van der Waals surface area (Å²) in [5.74, 6) is -0.358. The van der Waals surface area contributed by atoms with Gasteiger partial charge < -0.3 is 14.4 Å². The molecule has 0 bridgehead atoms. The molecule has 0 aliphatic carbocycles. The van der Waals surface area contributed by atoms with Crippen LogP contribution in [0.15, 0.2) is 23.2 Å². The van der Waals surface area contributed by atoms with Gasteiger partial charge in [-0.25, -0.2) is 14.2 Å². The molecule has 0 aromatic heterocycles. The summed E-state index contributed by atoms with van der Waals surface area (Å²) in [7, 11) is 4.82. The summed E-state index contributed by atoms with van der Waals surface area (Å²) in [5.41, 5.74) is 0.470. The van der Waals surface area contributed by atoms with Gasteiger partial charge in [0.05, 0.1) is 19.0 Å². The van der Waals surface area contributed by atoms with Crippen LogP contribution < -0.4 is 4.74 Å². The Kier molecular flexibility index (Phi) is 5.10. The van der Waals surface area contributed by atoms with Gasteiger partial charge in [0, 0.05) is 14.1 Å². The van der Waals surface area contributed by atoms with E-state index in [2.05, 4.69) is 9.73 Å². The van der Waals surface area contributed by atoms with Crippen molar-refractivity contribution in [1.29, 1.82) is 0 Å². The largest absolute Gasteiger partial charge is 0.465 e. The summed E-state index contributed by atoms with van der Waals surface area (Å²) in [6.07, 6.45) is 1.49. The number of hydrogen-bond acceptors (Lipinski definition) is 4. The van der Waals surface area contributed by atoms with Crippen molar-refractivity contribution < 1.29 is 18.7 Å². The first-order chi connectivity index (χ1) is 8.60. The van der Waals surface area contributed by atoms with E-state index in [1.807, 2.05) is 0 Å². The highest BCUT2D eigenvalue weighted by atomic mass is 19.1. The van der Waals surface area contributed by atoms with Crippen molar-refractivity contribution in [3.63, 3.8) is 0 Å². The highest BCUT2D eigenvalue weighted by Crippen LogP contribution is 2.32. The van der Waals surface area contributed by atoms with Gasteiger partial charge in [-0.2, -0.15) is 0 Å². The molecule has 1 aromatic carbocycles. The van der Waals surface area contributed by atoms with Crippen LogP contribution in [0.1, 0.15) is 10.4 Å². The smallest absolute Gasteiger partial charge is 0.340 e. The molecule has 0 aliphatic rings. The number of rotatable bonds is 5. The zero-order chi connectivity index (χ0) is 13.5. The van der Waals surface area contributed by atoms with Crippen molar-refractivity contribution in [1.82, 2.24) is 4.90 Å². The van der Waals surface area contributed by atoms with Gasteiger partial charge >= 0.3 is 5.97 Å². The molecule has 5 nitrogen and oxygen atoms in total. The minimum absolute atomic E-state index is 0.193. The van der Waals surface area contributed by atoms with Gasteiger partial charge in [0.25, 0.3) is 0 Å². The molecule has 1 rings (SSSR count). The maximum atomic E-state index is 12.3. The summed E-state index contributed by atoms with van der Waals surface area (Å²) in [4.78, 5) is 17.4. The predicted molar refractivity (Wildman–Crippen MR) is 66.2 cm³/mol. The third-order valence-electron chi connectivity index (χ3n) is 2.03. The standard InChI is InChI=1S/C12H15FN2O3/c1-15(2)8-14-11-9(12(16)17-3)5-4-6-10(11)18-7-13/h4-6,8H,7H2,1-3H3. The Morgan fingerprint density at radius 2 is 2.22 bits per heavy atom. The van der Waals surface area contributed by atoms with Crippen LogP contribution in [0.3, 0.4) is 0 Å². The van der Waals surface area contributed by atoms with Crippen LogP contribution in [0.4, 0.5) is 10.1 Å². The zero-order valence-corrected chi connectivity index (χ0v) is 10.5. The summed E-state index contributed by atoms with van der Waals surface area (Å²) in [5, 5.41) is 0. The number of ether oxygens (including phenoxy) is 2. The van der Waals surface area contributed by atoms with Crippen LogP contribution in [0.25, 0.3) is 0 Å². The molecule has 0 N–H and O–H groups in total. The second-order valence-corrected chi connectivity index (χ2v) is 3.61. The topological polar surface area (TPSA) is 51.1 Å². The third-order valence-corrected chi connectivity index (χ3v) is 2.03. The SMILES string of the molecule is COC(=O)c1cccc(OCF)c1N=CN(C)C. The molecule has 0 spiro atoms. The van der Waals surface area contributed by atoms with Gasteiger partial charge in [-0.15, -0.1) is 0 Å². The number of nitrogens with zero attached hydrogens (tertiary/aromatic N) is 2. The molecule has 0 saturated heterocycles. The van der Waals surface area contributed by atoms with Crippen LogP contribution in [-0.2, 0) is 4.74 Å². The fourth-order valence-corrected chi connectivity index (χ4v) is 1.28. The molecule has 1 aromatic rings. The van der Waals surface area contributed by atoms with Crippen LogP contribution >= 0.6 is 0 Å². The first kappa shape index (κ1) is 14.0. The summed E-state index contributed by atoms with van der Waals surface area (Å²) in [6, 6.07) is 4.65. The third kappa shape index (κ3) is 3.44. The molecule has 0 heterocycles. The van der Waals surface area contributed by atoms with Crippen LogP contribution in [-0.4, -0.2) is 45.3 Å². The highest BCUT2D eigenvalue weighted by Gasteiger charge is 2.15. The quantitative estimate of drug-likeness (QED) is 0.458. The second-order valence-electron chi connectivity index (χ2n) is 3.61.